The Labute approximate surface area is 246 Å². The predicted molar refractivity (Wildman–Crippen MR) is 167 cm³/mol. The molecule has 2 N–H and O–H groups in total. The van der Waals surface area contributed by atoms with Crippen molar-refractivity contribution in [1.29, 1.82) is 0 Å². The first-order valence-corrected chi connectivity index (χ1v) is 12.4. The molecule has 4 heterocycles. The molecule has 0 amide bonds. The van der Waals surface area contributed by atoms with E-state index >= 15 is 0 Å². The molecule has 4 saturated heterocycles. The number of aliphatic hydroxyl groups excluding tert-OH is 2. The molecule has 1 aromatic carbocycles. The van der Waals surface area contributed by atoms with Crippen LogP contribution in [0.5, 0.6) is 0 Å². The molecule has 10 heteroatoms. The summed E-state index contributed by atoms with van der Waals surface area (Å²) in [6.45, 7) is 7.24. The maximum absolute atomic E-state index is 9.65. The van der Waals surface area contributed by atoms with Crippen LogP contribution in [0.15, 0.2) is 30.3 Å². The van der Waals surface area contributed by atoms with Gasteiger partial charge in [0.05, 0.1) is 26.4 Å². The molecule has 2 spiro atoms. The van der Waals surface area contributed by atoms with Crippen molar-refractivity contribution in [3.05, 3.63) is 35.9 Å². The largest absolute Gasteiger partial charge is 0.395 e. The van der Waals surface area contributed by atoms with Gasteiger partial charge in [0.25, 0.3) is 0 Å². The van der Waals surface area contributed by atoms with Crippen molar-refractivity contribution in [3.63, 3.8) is 0 Å². The van der Waals surface area contributed by atoms with Crippen molar-refractivity contribution < 1.29 is 19.7 Å². The highest BCUT2D eigenvalue weighted by atomic mass is 32.1. The molecule has 0 saturated carbocycles. The van der Waals surface area contributed by atoms with Crippen molar-refractivity contribution >= 4 is 54.0 Å². The van der Waals surface area contributed by atoms with Gasteiger partial charge in [-0.3, -0.25) is 4.90 Å². The van der Waals surface area contributed by atoms with Crippen LogP contribution >= 0.6 is 54.0 Å². The topological polar surface area (TPSA) is 65.4 Å². The zero-order valence-corrected chi connectivity index (χ0v) is 25.8. The van der Waals surface area contributed by atoms with Crippen molar-refractivity contribution in [1.82, 2.24) is 9.80 Å². The maximum atomic E-state index is 9.65. The lowest BCUT2D eigenvalue weighted by atomic mass is 9.80. The average molecular weight is 583 g/mol. The molecule has 212 valence electrons. The second kappa shape index (κ2) is 17.2. The molecule has 0 bridgehead atoms. The zero-order chi connectivity index (χ0) is 22.4. The van der Waals surface area contributed by atoms with Crippen LogP contribution in [-0.2, 0) is 16.0 Å². The first-order chi connectivity index (χ1) is 15.6. The zero-order valence-electron chi connectivity index (χ0n) is 21.8. The predicted octanol–water partition coefficient (Wildman–Crippen LogP) is 2.98. The molecule has 0 aliphatic carbocycles. The van der Waals surface area contributed by atoms with E-state index in [9.17, 15) is 5.11 Å². The summed E-state index contributed by atoms with van der Waals surface area (Å²) in [6, 6.07) is 11.2. The number of rotatable bonds is 4. The second-order valence-electron chi connectivity index (χ2n) is 10.7. The van der Waals surface area contributed by atoms with Gasteiger partial charge in [0.2, 0.25) is 0 Å². The van der Waals surface area contributed by atoms with E-state index < -0.39 is 0 Å². The number of hydrogen-bond donors (Lipinski definition) is 2. The summed E-state index contributed by atoms with van der Waals surface area (Å²) in [5.74, 6) is 0. The number of aliphatic hydroxyl groups is 2. The van der Waals surface area contributed by atoms with Crippen molar-refractivity contribution in [3.8, 4) is 0 Å². The summed E-state index contributed by atoms with van der Waals surface area (Å²) in [5, 5.41) is 18.8. The summed E-state index contributed by atoms with van der Waals surface area (Å²) in [5.41, 5.74) is 1.98. The molecule has 4 aliphatic heterocycles. The van der Waals surface area contributed by atoms with Gasteiger partial charge in [0.1, 0.15) is 0 Å². The normalized spacial score (nSPS) is 31.9. The molecule has 36 heavy (non-hydrogen) atoms. The van der Waals surface area contributed by atoms with E-state index in [4.69, 9.17) is 14.6 Å². The van der Waals surface area contributed by atoms with Crippen LogP contribution in [0.4, 0.5) is 0 Å². The Kier molecular flexibility index (Phi) is 17.3. The fourth-order valence-corrected chi connectivity index (χ4v) is 6.41. The number of nitrogens with zero attached hydrogens (tertiary/aromatic N) is 2. The van der Waals surface area contributed by atoms with Crippen LogP contribution in [0, 0.1) is 10.8 Å². The number of likely N-dealkylation sites (N-methyl/N-ethyl adjacent to an activating group) is 1. The van der Waals surface area contributed by atoms with E-state index in [-0.39, 0.29) is 67.2 Å². The molecular weight excluding hydrogens is 533 g/mol. The first kappa shape index (κ1) is 36.4. The molecule has 4 fully saturated rings. The van der Waals surface area contributed by atoms with Gasteiger partial charge in [-0.15, -0.1) is 0 Å². The van der Waals surface area contributed by atoms with Gasteiger partial charge in [-0.05, 0) is 51.1 Å². The summed E-state index contributed by atoms with van der Waals surface area (Å²) in [7, 11) is 2.10. The lowest BCUT2D eigenvalue weighted by molar-refractivity contribution is -0.00268. The minimum absolute atomic E-state index is 0. The van der Waals surface area contributed by atoms with E-state index in [2.05, 4.69) is 41.1 Å². The number of benzene rings is 1. The average Bonchev–Trinajstić information content (AvgIpc) is 3.31. The molecule has 0 radical (unpaired) electrons. The Hall–Kier alpha value is 0.380. The number of ether oxygens (including phenoxy) is 2. The van der Waals surface area contributed by atoms with Gasteiger partial charge in [-0.1, -0.05) is 30.3 Å². The van der Waals surface area contributed by atoms with Gasteiger partial charge in [-0.25, -0.2) is 0 Å². The Morgan fingerprint density at radius 1 is 0.806 bits per heavy atom. The number of likely N-dealkylation sites (tertiary alicyclic amines) is 2. The lowest BCUT2D eigenvalue weighted by Crippen LogP contribution is -2.35. The minimum Gasteiger partial charge on any atom is -0.395 e. The highest BCUT2D eigenvalue weighted by Gasteiger charge is 2.45. The molecule has 5 rings (SSSR count). The minimum atomic E-state index is 0. The first-order valence-electron chi connectivity index (χ1n) is 12.4. The van der Waals surface area contributed by atoms with Gasteiger partial charge >= 0.3 is 0 Å². The summed E-state index contributed by atoms with van der Waals surface area (Å²) < 4.78 is 11.2. The monoisotopic (exact) mass is 582 g/mol. The van der Waals surface area contributed by atoms with E-state index in [0.717, 1.165) is 65.3 Å². The smallest absolute Gasteiger partial charge is 0.0587 e. The molecule has 1 aromatic rings. The Morgan fingerprint density at radius 2 is 1.33 bits per heavy atom. The third-order valence-corrected chi connectivity index (χ3v) is 8.06. The molecule has 0 unspecified atom stereocenters. The van der Waals surface area contributed by atoms with Crippen molar-refractivity contribution in [2.75, 3.05) is 59.8 Å². The Bertz CT molecular complexity index is 706. The summed E-state index contributed by atoms with van der Waals surface area (Å²) in [4.78, 5) is 4.71. The van der Waals surface area contributed by atoms with E-state index in [0.29, 0.717) is 22.9 Å². The lowest BCUT2D eigenvalue weighted by Gasteiger charge is -2.33. The van der Waals surface area contributed by atoms with Crippen molar-refractivity contribution in [2.24, 2.45) is 10.8 Å². The van der Waals surface area contributed by atoms with Gasteiger partial charge in [-0.2, -0.15) is 54.0 Å². The maximum Gasteiger partial charge on any atom is 0.0587 e. The van der Waals surface area contributed by atoms with Crippen LogP contribution in [0.3, 0.4) is 0 Å². The fourth-order valence-electron chi connectivity index (χ4n) is 6.41. The molecule has 4 atom stereocenters. The standard InChI is InChI=1S/C16H23NO2.C10H19NO2.4H2S/c18-11-15-9-16(7-4-8-19-13-16)12-17(15)10-14-5-2-1-3-6-14;1-11-7-10(5-9(11)6-12)3-2-4-13-8-10;;;;/h1-3,5-6,15,18H,4,7-13H2;9,12H,2-8H2,1H3;4*1H2/t15-,16-;9-,10-;;;;/m00..../s1. The quantitative estimate of drug-likeness (QED) is 0.569. The Balaban J connectivity index is 0.000000645. The second-order valence-corrected chi connectivity index (χ2v) is 10.7. The van der Waals surface area contributed by atoms with E-state index in [1.54, 1.807) is 0 Å². The number of hydrogen-bond acceptors (Lipinski definition) is 6. The van der Waals surface area contributed by atoms with E-state index in [1.807, 2.05) is 6.07 Å². The van der Waals surface area contributed by atoms with Gasteiger partial charge in [0.15, 0.2) is 0 Å². The third-order valence-electron chi connectivity index (χ3n) is 8.06. The van der Waals surface area contributed by atoms with Gasteiger partial charge in [0, 0.05) is 55.8 Å². The molecule has 0 aromatic heterocycles. The third kappa shape index (κ3) is 9.24. The molecule has 4 aliphatic rings. The molecular formula is C26H50N2O4S4. The van der Waals surface area contributed by atoms with E-state index in [1.165, 1.54) is 24.8 Å². The van der Waals surface area contributed by atoms with Crippen molar-refractivity contribution in [2.45, 2.75) is 57.2 Å². The summed E-state index contributed by atoms with van der Waals surface area (Å²) in [6.07, 6.45) is 7.06. The SMILES string of the molecule is CN1C[C@]2(CCCOC2)C[C@H]1CO.OC[C@@H]1C[C@@]2(CCCOC2)CN1Cc1ccccc1.S.S.S.S. The highest BCUT2D eigenvalue weighted by molar-refractivity contribution is 7.59. The van der Waals surface area contributed by atoms with Crippen LogP contribution in [0.1, 0.15) is 44.1 Å². The van der Waals surface area contributed by atoms with Gasteiger partial charge < -0.3 is 24.6 Å². The van der Waals surface area contributed by atoms with Crippen LogP contribution in [-0.4, -0.2) is 91.9 Å². The Morgan fingerprint density at radius 3 is 1.81 bits per heavy atom. The van der Waals surface area contributed by atoms with Crippen LogP contribution < -0.4 is 0 Å². The van der Waals surface area contributed by atoms with Crippen LogP contribution in [0.2, 0.25) is 0 Å². The molecule has 6 nitrogen and oxygen atoms in total. The summed E-state index contributed by atoms with van der Waals surface area (Å²) >= 11 is 0. The fraction of sp³-hybridized carbons (Fsp3) is 0.769. The highest BCUT2D eigenvalue weighted by Crippen LogP contribution is 2.42. The van der Waals surface area contributed by atoms with Crippen LogP contribution in [0.25, 0.3) is 0 Å².